The Kier molecular flexibility index (Phi) is 79.6. The van der Waals surface area contributed by atoms with Crippen molar-refractivity contribution >= 4 is 39.5 Å². The van der Waals surface area contributed by atoms with Crippen LogP contribution in [0, 0.1) is 0 Å². The van der Waals surface area contributed by atoms with Crippen molar-refractivity contribution in [1.29, 1.82) is 0 Å². The van der Waals surface area contributed by atoms with Crippen molar-refractivity contribution in [3.05, 3.63) is 158 Å². The Morgan fingerprint density at radius 2 is 0.464 bits per heavy atom. The SMILES string of the molecule is CC/C=C\C/C=C\C/C=C\C/C=C\C/C=C\CCCCCC(=O)OCC(COP(=O)(O)OCC(O)COP(=O)(O)OCC(COC(=O)CCCCCCCC/C=C\C/C=C\C/C=C\C/C=C\CC)OC(=O)CCCCCCCC/C=C\C/C=C\C/C=C\C/C=C\CC)OC(=O)CCCCCCCCCCCCCCCCC. The van der Waals surface area contributed by atoms with Crippen molar-refractivity contribution in [2.24, 2.45) is 0 Å². The van der Waals surface area contributed by atoms with Crippen molar-refractivity contribution < 1.29 is 80.2 Å². The van der Waals surface area contributed by atoms with E-state index in [0.29, 0.717) is 25.7 Å². The largest absolute Gasteiger partial charge is 0.472 e. The average molecular weight is 1610 g/mol. The van der Waals surface area contributed by atoms with Gasteiger partial charge in [-0.15, -0.1) is 0 Å². The second-order valence-electron chi connectivity index (χ2n) is 28.7. The Hall–Kier alpha value is -5.32. The molecule has 0 aliphatic rings. The quantitative estimate of drug-likeness (QED) is 0.0169. The highest BCUT2D eigenvalue weighted by atomic mass is 31.2. The van der Waals surface area contributed by atoms with Crippen LogP contribution in [0.1, 0.15) is 349 Å². The number of allylic oxidation sites excluding steroid dienone is 26. The first-order valence-electron chi connectivity index (χ1n) is 43.7. The number of phosphoric ester groups is 2. The Bertz CT molecular complexity index is 2740. The van der Waals surface area contributed by atoms with Crippen LogP contribution in [0.5, 0.6) is 0 Å². The molecule has 5 unspecified atom stereocenters. The van der Waals surface area contributed by atoms with Crippen LogP contribution in [0.3, 0.4) is 0 Å². The van der Waals surface area contributed by atoms with Gasteiger partial charge in [0.05, 0.1) is 26.4 Å². The normalized spacial score (nSPS) is 14.5. The minimum absolute atomic E-state index is 0.0703. The molecule has 19 heteroatoms. The molecule has 0 saturated heterocycles. The summed E-state index contributed by atoms with van der Waals surface area (Å²) >= 11 is 0. The molecule has 640 valence electrons. The van der Waals surface area contributed by atoms with Gasteiger partial charge in [-0.25, -0.2) is 9.13 Å². The molecule has 0 aromatic carbocycles. The summed E-state index contributed by atoms with van der Waals surface area (Å²) in [6, 6.07) is 0. The lowest BCUT2D eigenvalue weighted by molar-refractivity contribution is -0.161. The minimum Gasteiger partial charge on any atom is -0.462 e. The van der Waals surface area contributed by atoms with E-state index < -0.39 is 97.5 Å². The Morgan fingerprint density at radius 1 is 0.259 bits per heavy atom. The number of aliphatic hydroxyl groups is 1. The second-order valence-corrected chi connectivity index (χ2v) is 31.6. The molecular formula is C93H156O17P2. The maximum Gasteiger partial charge on any atom is 0.472 e. The molecule has 0 aliphatic heterocycles. The fraction of sp³-hybridized carbons (Fsp3) is 0.677. The predicted molar refractivity (Wildman–Crippen MR) is 464 cm³/mol. The highest BCUT2D eigenvalue weighted by Gasteiger charge is 2.30. The van der Waals surface area contributed by atoms with Gasteiger partial charge in [0.25, 0.3) is 0 Å². The summed E-state index contributed by atoms with van der Waals surface area (Å²) in [6.45, 7) is 4.52. The smallest absolute Gasteiger partial charge is 0.462 e. The summed E-state index contributed by atoms with van der Waals surface area (Å²) in [5.41, 5.74) is 0. The molecule has 0 heterocycles. The lowest BCUT2D eigenvalue weighted by Crippen LogP contribution is -2.30. The zero-order valence-electron chi connectivity index (χ0n) is 70.3. The van der Waals surface area contributed by atoms with E-state index in [0.717, 1.165) is 205 Å². The van der Waals surface area contributed by atoms with Crippen molar-refractivity contribution in [1.82, 2.24) is 0 Å². The molecule has 0 rings (SSSR count). The third-order valence-corrected chi connectivity index (χ3v) is 19.9. The number of aliphatic hydroxyl groups excluding tert-OH is 1. The number of hydrogen-bond acceptors (Lipinski definition) is 15. The molecule has 112 heavy (non-hydrogen) atoms. The molecule has 0 aromatic heterocycles. The van der Waals surface area contributed by atoms with E-state index in [1.165, 1.54) is 64.2 Å². The van der Waals surface area contributed by atoms with Crippen molar-refractivity contribution in [3.8, 4) is 0 Å². The Balaban J connectivity index is 5.44. The first-order valence-corrected chi connectivity index (χ1v) is 46.7. The number of esters is 4. The number of phosphoric acid groups is 2. The van der Waals surface area contributed by atoms with Gasteiger partial charge in [-0.05, 0) is 148 Å². The highest BCUT2D eigenvalue weighted by Crippen LogP contribution is 2.45. The molecule has 0 aliphatic carbocycles. The molecule has 0 bridgehead atoms. The third kappa shape index (κ3) is 82.7. The standard InChI is InChI=1S/C93H156O17P2/c1-5-9-13-17-21-25-29-33-37-40-43-46-50-53-57-61-65-69-73-77-90(95)103-83-88(109-92(97)79-75-71-67-63-59-55-49-36-32-28-24-20-16-12-8-4)85-107-111(99,100)105-81-87(94)82-106-112(101,102)108-86-89(110-93(98)80-76-72-68-64-60-56-52-48-45-42-39-35-31-27-23-19-15-11-7-3)84-104-91(96)78-74-70-66-62-58-54-51-47-44-41-38-34-30-26-22-18-14-10-6-2/h9-11,13-15,21-23,25-27,33-35,37-39,43-48,53,57,87-89,94H,5-8,12,16-20,24,28-32,36,40-42,49-52,54-56,58-86H2,1-4H3,(H,99,100)(H,101,102)/b13-9-,14-10-,15-11-,25-21-,26-22-,27-23-,37-33-,38-34-,39-35-,46-43-,47-44-,48-45-,57-53-. The number of unbranched alkanes of at least 4 members (excludes halogenated alkanes) is 29. The summed E-state index contributed by atoms with van der Waals surface area (Å²) in [4.78, 5) is 73.4. The maximum absolute atomic E-state index is 13.2. The molecule has 0 fully saturated rings. The third-order valence-electron chi connectivity index (χ3n) is 18.0. The predicted octanol–water partition coefficient (Wildman–Crippen LogP) is 26.3. The van der Waals surface area contributed by atoms with E-state index >= 15 is 0 Å². The van der Waals surface area contributed by atoms with E-state index in [2.05, 4.69) is 186 Å². The van der Waals surface area contributed by atoms with Crippen LogP contribution in [0.2, 0.25) is 0 Å². The molecule has 0 radical (unpaired) electrons. The van der Waals surface area contributed by atoms with Gasteiger partial charge in [0.1, 0.15) is 19.3 Å². The number of hydrogen-bond donors (Lipinski definition) is 3. The summed E-state index contributed by atoms with van der Waals surface area (Å²) < 4.78 is 68.9. The Morgan fingerprint density at radius 3 is 0.723 bits per heavy atom. The molecule has 5 atom stereocenters. The summed E-state index contributed by atoms with van der Waals surface area (Å²) in [5, 5.41) is 10.7. The van der Waals surface area contributed by atoms with E-state index in [9.17, 15) is 43.2 Å². The zero-order valence-corrected chi connectivity index (χ0v) is 72.1. The molecule has 0 spiro atoms. The van der Waals surface area contributed by atoms with E-state index in [4.69, 9.17) is 37.0 Å². The first-order chi connectivity index (χ1) is 54.7. The highest BCUT2D eigenvalue weighted by molar-refractivity contribution is 7.47. The fourth-order valence-corrected chi connectivity index (χ4v) is 13.0. The van der Waals surface area contributed by atoms with E-state index in [-0.39, 0.29) is 25.7 Å². The lowest BCUT2D eigenvalue weighted by atomic mass is 10.0. The van der Waals surface area contributed by atoms with Gasteiger partial charge >= 0.3 is 39.5 Å². The van der Waals surface area contributed by atoms with Crippen LogP contribution >= 0.6 is 15.6 Å². The molecule has 17 nitrogen and oxygen atoms in total. The van der Waals surface area contributed by atoms with Crippen LogP contribution < -0.4 is 0 Å². The molecular weight excluding hydrogens is 1450 g/mol. The number of ether oxygens (including phenoxy) is 4. The average Bonchev–Trinajstić information content (AvgIpc) is 0.898. The number of carbonyl (C=O) groups is 4. The van der Waals surface area contributed by atoms with Crippen LogP contribution in [0.4, 0.5) is 0 Å². The molecule has 0 aromatic rings. The van der Waals surface area contributed by atoms with Gasteiger partial charge in [-0.2, -0.15) is 0 Å². The number of rotatable bonds is 81. The van der Waals surface area contributed by atoms with E-state index in [1.807, 2.05) is 0 Å². The molecule has 0 saturated carbocycles. The topological polar surface area (TPSA) is 237 Å². The summed E-state index contributed by atoms with van der Waals surface area (Å²) in [7, 11) is -9.99. The van der Waals surface area contributed by atoms with Crippen molar-refractivity contribution in [2.75, 3.05) is 39.6 Å². The van der Waals surface area contributed by atoms with Crippen LogP contribution in [0.15, 0.2) is 158 Å². The maximum atomic E-state index is 13.2. The summed E-state index contributed by atoms with van der Waals surface area (Å²) in [6.07, 6.45) is 99.1. The minimum atomic E-state index is -5.00. The van der Waals surface area contributed by atoms with Gasteiger partial charge in [-0.1, -0.05) is 333 Å². The fourth-order valence-electron chi connectivity index (χ4n) is 11.5. The molecule has 0 amide bonds. The van der Waals surface area contributed by atoms with Crippen LogP contribution in [0.25, 0.3) is 0 Å². The van der Waals surface area contributed by atoms with Gasteiger partial charge in [-0.3, -0.25) is 37.3 Å². The van der Waals surface area contributed by atoms with Gasteiger partial charge < -0.3 is 33.8 Å². The molecule has 3 N–H and O–H groups in total. The van der Waals surface area contributed by atoms with Crippen molar-refractivity contribution in [2.45, 2.75) is 367 Å². The summed E-state index contributed by atoms with van der Waals surface area (Å²) in [5.74, 6) is -2.23. The Labute approximate surface area is 680 Å². The lowest BCUT2D eigenvalue weighted by Gasteiger charge is -2.21. The van der Waals surface area contributed by atoms with Gasteiger partial charge in [0.2, 0.25) is 0 Å². The first kappa shape index (κ1) is 107. The van der Waals surface area contributed by atoms with E-state index in [1.54, 1.807) is 0 Å². The number of carbonyl (C=O) groups excluding carboxylic acids is 4. The zero-order chi connectivity index (χ0) is 81.7. The van der Waals surface area contributed by atoms with Gasteiger partial charge in [0, 0.05) is 25.7 Å². The van der Waals surface area contributed by atoms with Gasteiger partial charge in [0.15, 0.2) is 12.2 Å². The monoisotopic (exact) mass is 1610 g/mol. The van der Waals surface area contributed by atoms with Crippen LogP contribution in [-0.2, 0) is 65.4 Å². The van der Waals surface area contributed by atoms with Crippen LogP contribution in [-0.4, -0.2) is 96.7 Å². The van der Waals surface area contributed by atoms with Crippen molar-refractivity contribution in [3.63, 3.8) is 0 Å². The second kappa shape index (κ2) is 83.6.